The number of aromatic nitrogens is 2. The van der Waals surface area contributed by atoms with E-state index in [2.05, 4.69) is 9.97 Å². The van der Waals surface area contributed by atoms with Crippen molar-refractivity contribution in [3.05, 3.63) is 34.5 Å². The number of hydrogen-bond acceptors (Lipinski definition) is 5. The smallest absolute Gasteiger partial charge is 0.418 e. The first-order valence-corrected chi connectivity index (χ1v) is 5.50. The fraction of sp³-hybridized carbons (Fsp3) is 0.250. The van der Waals surface area contributed by atoms with Crippen LogP contribution in [0.3, 0.4) is 0 Å². The number of aromatic amines is 1. The number of ether oxygens (including phenoxy) is 1. The fourth-order valence-corrected chi connectivity index (χ4v) is 1.46. The number of H-pyrrole nitrogens is 1. The molecule has 0 unspecified atom stereocenters. The number of nitrogens with one attached hydrogen (secondary N) is 1. The van der Waals surface area contributed by atoms with Gasteiger partial charge in [0.05, 0.1) is 13.0 Å². The van der Waals surface area contributed by atoms with E-state index in [9.17, 15) is 9.59 Å². The third kappa shape index (κ3) is 2.85. The first-order valence-electron chi connectivity index (χ1n) is 5.50. The predicted molar refractivity (Wildman–Crippen MR) is 64.9 cm³/mol. The molecule has 2 aromatic heterocycles. The molecule has 1 N–H and O–H groups in total. The van der Waals surface area contributed by atoms with Gasteiger partial charge in [-0.2, -0.15) is 0 Å². The average Bonchev–Trinajstić information content (AvgIpc) is 2.69. The number of hydrogen-bond donors (Lipinski definition) is 1. The van der Waals surface area contributed by atoms with E-state index < -0.39 is 5.76 Å². The number of rotatable bonds is 4. The molecule has 0 aliphatic heterocycles. The molecule has 18 heavy (non-hydrogen) atoms. The van der Waals surface area contributed by atoms with Gasteiger partial charge in [0.1, 0.15) is 0 Å². The van der Waals surface area contributed by atoms with E-state index in [1.807, 2.05) is 0 Å². The highest BCUT2D eigenvalue weighted by Crippen LogP contribution is 2.10. The van der Waals surface area contributed by atoms with E-state index in [4.69, 9.17) is 9.15 Å². The zero-order chi connectivity index (χ0) is 13.0. The minimum atomic E-state index is -0.537. The molecule has 0 saturated carbocycles. The van der Waals surface area contributed by atoms with Crippen molar-refractivity contribution >= 4 is 23.3 Å². The predicted octanol–water partition coefficient (Wildman–Crippen LogP) is 1.48. The van der Waals surface area contributed by atoms with Crippen molar-refractivity contribution in [3.8, 4) is 0 Å². The number of nitrogens with zero attached hydrogens (tertiary/aromatic N) is 1. The number of carbonyl (C=O) groups is 1. The second kappa shape index (κ2) is 5.31. The molecule has 94 valence electrons. The van der Waals surface area contributed by atoms with Gasteiger partial charge in [0, 0.05) is 6.20 Å². The molecule has 2 rings (SSSR count). The summed E-state index contributed by atoms with van der Waals surface area (Å²) in [6.07, 6.45) is 5.17. The lowest BCUT2D eigenvalue weighted by atomic mass is 10.2. The Morgan fingerprint density at radius 3 is 3.22 bits per heavy atom. The van der Waals surface area contributed by atoms with Gasteiger partial charge >= 0.3 is 11.7 Å². The van der Waals surface area contributed by atoms with E-state index in [-0.39, 0.29) is 12.4 Å². The second-order valence-electron chi connectivity index (χ2n) is 3.54. The van der Waals surface area contributed by atoms with E-state index in [1.54, 1.807) is 31.3 Å². The molecule has 0 fully saturated rings. The van der Waals surface area contributed by atoms with Gasteiger partial charge in [0.2, 0.25) is 0 Å². The lowest BCUT2D eigenvalue weighted by Crippen LogP contribution is -2.01. The van der Waals surface area contributed by atoms with Crippen LogP contribution in [0.1, 0.15) is 18.9 Å². The maximum Gasteiger partial charge on any atom is 0.418 e. The summed E-state index contributed by atoms with van der Waals surface area (Å²) >= 11 is 0. The molecule has 6 nitrogen and oxygen atoms in total. The third-order valence-corrected chi connectivity index (χ3v) is 2.20. The Labute approximate surface area is 102 Å². The van der Waals surface area contributed by atoms with Crippen LogP contribution >= 0.6 is 0 Å². The van der Waals surface area contributed by atoms with Crippen molar-refractivity contribution < 1.29 is 13.9 Å². The van der Waals surface area contributed by atoms with Gasteiger partial charge in [-0.25, -0.2) is 9.78 Å². The average molecular weight is 248 g/mol. The van der Waals surface area contributed by atoms with Crippen molar-refractivity contribution in [2.45, 2.75) is 13.3 Å². The van der Waals surface area contributed by atoms with E-state index in [0.29, 0.717) is 17.8 Å². The SMILES string of the molecule is CCOC(=O)CC=Cc1cnc2[nH]c(=O)oc2c1. The maximum absolute atomic E-state index is 11.1. The van der Waals surface area contributed by atoms with Crippen LogP contribution in [0.4, 0.5) is 0 Å². The minimum Gasteiger partial charge on any atom is -0.466 e. The summed E-state index contributed by atoms with van der Waals surface area (Å²) in [6.45, 7) is 2.13. The van der Waals surface area contributed by atoms with Crippen LogP contribution in [0, 0.1) is 0 Å². The Morgan fingerprint density at radius 1 is 1.61 bits per heavy atom. The van der Waals surface area contributed by atoms with Crippen molar-refractivity contribution in [2.24, 2.45) is 0 Å². The van der Waals surface area contributed by atoms with Gasteiger partial charge < -0.3 is 9.15 Å². The second-order valence-corrected chi connectivity index (χ2v) is 3.54. The molecule has 0 aromatic carbocycles. The quantitative estimate of drug-likeness (QED) is 0.828. The Balaban J connectivity index is 2.09. The lowest BCUT2D eigenvalue weighted by molar-refractivity contribution is -0.142. The molecule has 0 spiro atoms. The van der Waals surface area contributed by atoms with Crippen LogP contribution in [0.25, 0.3) is 17.3 Å². The third-order valence-electron chi connectivity index (χ3n) is 2.20. The summed E-state index contributed by atoms with van der Waals surface area (Å²) in [5, 5.41) is 0. The van der Waals surface area contributed by atoms with Crippen LogP contribution < -0.4 is 5.76 Å². The van der Waals surface area contributed by atoms with Crippen LogP contribution in [0.15, 0.2) is 27.6 Å². The van der Waals surface area contributed by atoms with E-state index in [0.717, 1.165) is 5.56 Å². The topological polar surface area (TPSA) is 85.2 Å². The van der Waals surface area contributed by atoms with Crippen molar-refractivity contribution in [2.75, 3.05) is 6.61 Å². The van der Waals surface area contributed by atoms with E-state index in [1.165, 1.54) is 0 Å². The fourth-order valence-electron chi connectivity index (χ4n) is 1.46. The zero-order valence-corrected chi connectivity index (χ0v) is 9.80. The largest absolute Gasteiger partial charge is 0.466 e. The number of esters is 1. The Bertz CT molecular complexity index is 639. The van der Waals surface area contributed by atoms with Crippen LogP contribution in [0.2, 0.25) is 0 Å². The van der Waals surface area contributed by atoms with Gasteiger partial charge in [-0.05, 0) is 18.6 Å². The Hall–Kier alpha value is -2.37. The molecule has 0 atom stereocenters. The summed E-state index contributed by atoms with van der Waals surface area (Å²) in [6, 6.07) is 1.67. The Morgan fingerprint density at radius 2 is 2.44 bits per heavy atom. The van der Waals surface area contributed by atoms with Crippen LogP contribution in [0.5, 0.6) is 0 Å². The number of fused-ring (bicyclic) bond motifs is 1. The highest BCUT2D eigenvalue weighted by atomic mass is 16.5. The molecule has 0 radical (unpaired) electrons. The number of pyridine rings is 1. The van der Waals surface area contributed by atoms with Gasteiger partial charge in [-0.1, -0.05) is 12.2 Å². The molecule has 2 aromatic rings. The molecule has 0 aliphatic carbocycles. The maximum atomic E-state index is 11.1. The van der Waals surface area contributed by atoms with E-state index >= 15 is 0 Å². The van der Waals surface area contributed by atoms with Crippen molar-refractivity contribution in [1.82, 2.24) is 9.97 Å². The van der Waals surface area contributed by atoms with Crippen LogP contribution in [-0.4, -0.2) is 22.5 Å². The van der Waals surface area contributed by atoms with Gasteiger partial charge in [-0.15, -0.1) is 0 Å². The number of oxazole rings is 1. The first kappa shape index (κ1) is 12.1. The number of carbonyl (C=O) groups excluding carboxylic acids is 1. The summed E-state index contributed by atoms with van der Waals surface area (Å²) in [7, 11) is 0. The summed E-state index contributed by atoms with van der Waals surface area (Å²) in [5.41, 5.74) is 1.54. The molecule has 2 heterocycles. The molecule has 0 amide bonds. The molecule has 0 bridgehead atoms. The summed E-state index contributed by atoms with van der Waals surface area (Å²) in [4.78, 5) is 28.5. The molecule has 0 aliphatic rings. The van der Waals surface area contributed by atoms with Gasteiger partial charge in [0.15, 0.2) is 11.2 Å². The monoisotopic (exact) mass is 248 g/mol. The zero-order valence-electron chi connectivity index (χ0n) is 9.80. The summed E-state index contributed by atoms with van der Waals surface area (Å²) in [5.74, 6) is -0.818. The molecule has 0 saturated heterocycles. The molecule has 6 heteroatoms. The highest BCUT2D eigenvalue weighted by molar-refractivity contribution is 5.74. The van der Waals surface area contributed by atoms with Crippen molar-refractivity contribution in [3.63, 3.8) is 0 Å². The Kier molecular flexibility index (Phi) is 3.57. The normalized spacial score (nSPS) is 11.2. The van der Waals surface area contributed by atoms with Crippen LogP contribution in [-0.2, 0) is 9.53 Å². The first-order chi connectivity index (χ1) is 8.69. The lowest BCUT2D eigenvalue weighted by Gasteiger charge is -1.96. The highest BCUT2D eigenvalue weighted by Gasteiger charge is 2.02. The van der Waals surface area contributed by atoms with Gasteiger partial charge in [0.25, 0.3) is 0 Å². The molecular formula is C12H12N2O4. The molecular weight excluding hydrogens is 236 g/mol. The standard InChI is InChI=1S/C12H12N2O4/c1-2-17-10(15)5-3-4-8-6-9-11(13-7-8)14-12(16)18-9/h3-4,6-7H,2,5H2,1H3,(H,13,14,16). The van der Waals surface area contributed by atoms with Gasteiger partial charge in [-0.3, -0.25) is 9.78 Å². The van der Waals surface area contributed by atoms with Crippen molar-refractivity contribution in [1.29, 1.82) is 0 Å². The summed E-state index contributed by atoms with van der Waals surface area (Å²) < 4.78 is 9.66. The minimum absolute atomic E-state index is 0.197.